The molecule has 0 fully saturated rings. The van der Waals surface area contributed by atoms with E-state index in [0.717, 1.165) is 30.9 Å². The first-order valence-electron chi connectivity index (χ1n) is 5.46. The third-order valence-electron chi connectivity index (χ3n) is 2.69. The van der Waals surface area contributed by atoms with Crippen LogP contribution in [0.4, 0.5) is 0 Å². The molecule has 1 atom stereocenters. The van der Waals surface area contributed by atoms with Gasteiger partial charge in [-0.25, -0.2) is 0 Å². The average Bonchev–Trinajstić information content (AvgIpc) is 2.66. The smallest absolute Gasteiger partial charge is 0.161 e. The Bertz CT molecular complexity index is 312. The van der Waals surface area contributed by atoms with Crippen LogP contribution in [0.3, 0.4) is 0 Å². The molecule has 0 radical (unpaired) electrons. The fraction of sp³-hybridized carbons (Fsp3) is 0.727. The zero-order chi connectivity index (χ0) is 12.0. The summed E-state index contributed by atoms with van der Waals surface area (Å²) < 4.78 is 12.2. The highest BCUT2D eigenvalue weighted by Gasteiger charge is 2.18. The number of hydrogen-bond donors (Lipinski definition) is 1. The molecule has 92 valence electrons. The number of nitrogens with one attached hydrogen (secondary N) is 1. The van der Waals surface area contributed by atoms with Gasteiger partial charge in [0.2, 0.25) is 0 Å². The van der Waals surface area contributed by atoms with Crippen molar-refractivity contribution in [2.24, 2.45) is 7.05 Å². The third kappa shape index (κ3) is 2.96. The SMILES string of the molecule is CNC(CCCOC)c1c(OC)cnn1C. The quantitative estimate of drug-likeness (QED) is 0.709. The Balaban J connectivity index is 2.73. The molecule has 0 aliphatic rings. The van der Waals surface area contributed by atoms with Crippen molar-refractivity contribution in [2.75, 3.05) is 27.9 Å². The summed E-state index contributed by atoms with van der Waals surface area (Å²) in [5.74, 6) is 0.833. The molecule has 0 aromatic carbocycles. The van der Waals surface area contributed by atoms with Crippen LogP contribution in [0.15, 0.2) is 6.20 Å². The van der Waals surface area contributed by atoms with E-state index in [1.807, 2.05) is 18.8 Å². The van der Waals surface area contributed by atoms with Crippen LogP contribution in [0.25, 0.3) is 0 Å². The van der Waals surface area contributed by atoms with Crippen molar-refractivity contribution in [2.45, 2.75) is 18.9 Å². The van der Waals surface area contributed by atoms with Gasteiger partial charge in [0.25, 0.3) is 0 Å². The van der Waals surface area contributed by atoms with Crippen molar-refractivity contribution in [3.8, 4) is 5.75 Å². The van der Waals surface area contributed by atoms with Crippen molar-refractivity contribution in [1.29, 1.82) is 0 Å². The van der Waals surface area contributed by atoms with E-state index in [1.165, 1.54) is 0 Å². The first kappa shape index (κ1) is 13.0. The molecule has 5 heteroatoms. The van der Waals surface area contributed by atoms with Crippen LogP contribution in [-0.2, 0) is 11.8 Å². The molecule has 0 aliphatic heterocycles. The Morgan fingerprint density at radius 2 is 2.25 bits per heavy atom. The number of aromatic nitrogens is 2. The van der Waals surface area contributed by atoms with Gasteiger partial charge in [-0.1, -0.05) is 0 Å². The van der Waals surface area contributed by atoms with Crippen molar-refractivity contribution in [1.82, 2.24) is 15.1 Å². The number of hydrogen-bond acceptors (Lipinski definition) is 4. The zero-order valence-corrected chi connectivity index (χ0v) is 10.5. The van der Waals surface area contributed by atoms with Crippen molar-refractivity contribution in [3.63, 3.8) is 0 Å². The first-order valence-corrected chi connectivity index (χ1v) is 5.46. The summed E-state index contributed by atoms with van der Waals surface area (Å²) in [6.07, 6.45) is 3.76. The lowest BCUT2D eigenvalue weighted by Gasteiger charge is -2.17. The third-order valence-corrected chi connectivity index (χ3v) is 2.69. The monoisotopic (exact) mass is 227 g/mol. The highest BCUT2D eigenvalue weighted by molar-refractivity contribution is 5.28. The molecule has 1 heterocycles. The Morgan fingerprint density at radius 3 is 2.81 bits per heavy atom. The van der Waals surface area contributed by atoms with E-state index in [2.05, 4.69) is 10.4 Å². The van der Waals surface area contributed by atoms with Gasteiger partial charge in [-0.3, -0.25) is 4.68 Å². The largest absolute Gasteiger partial charge is 0.493 e. The molecule has 1 aromatic heterocycles. The lowest BCUT2D eigenvalue weighted by atomic mass is 10.1. The van der Waals surface area contributed by atoms with Crippen molar-refractivity contribution in [3.05, 3.63) is 11.9 Å². The molecule has 1 unspecified atom stereocenters. The second-order valence-corrected chi connectivity index (χ2v) is 3.70. The van der Waals surface area contributed by atoms with Crippen LogP contribution >= 0.6 is 0 Å². The van der Waals surface area contributed by atoms with Crippen LogP contribution in [0, 0.1) is 0 Å². The van der Waals surface area contributed by atoms with Gasteiger partial charge in [-0.05, 0) is 19.9 Å². The van der Waals surface area contributed by atoms with Gasteiger partial charge >= 0.3 is 0 Å². The molecule has 16 heavy (non-hydrogen) atoms. The van der Waals surface area contributed by atoms with E-state index >= 15 is 0 Å². The van der Waals surface area contributed by atoms with Gasteiger partial charge in [0.1, 0.15) is 0 Å². The van der Waals surface area contributed by atoms with Gasteiger partial charge in [0.15, 0.2) is 5.75 Å². The molecule has 1 aromatic rings. The summed E-state index contributed by atoms with van der Waals surface area (Å²) in [6.45, 7) is 0.776. The summed E-state index contributed by atoms with van der Waals surface area (Å²) in [4.78, 5) is 0. The summed E-state index contributed by atoms with van der Waals surface area (Å²) in [5, 5.41) is 7.49. The molecular weight excluding hydrogens is 206 g/mol. The molecule has 0 saturated heterocycles. The molecule has 0 amide bonds. The van der Waals surface area contributed by atoms with Gasteiger partial charge in [0, 0.05) is 20.8 Å². The number of methoxy groups -OCH3 is 2. The zero-order valence-electron chi connectivity index (χ0n) is 10.5. The van der Waals surface area contributed by atoms with Crippen LogP contribution in [0.1, 0.15) is 24.6 Å². The number of ether oxygens (including phenoxy) is 2. The molecule has 0 spiro atoms. The van der Waals surface area contributed by atoms with Gasteiger partial charge in [0.05, 0.1) is 25.0 Å². The van der Waals surface area contributed by atoms with E-state index in [0.29, 0.717) is 0 Å². The lowest BCUT2D eigenvalue weighted by molar-refractivity contribution is 0.188. The summed E-state index contributed by atoms with van der Waals surface area (Å²) in [7, 11) is 7.27. The lowest BCUT2D eigenvalue weighted by Crippen LogP contribution is -2.20. The topological polar surface area (TPSA) is 48.3 Å². The van der Waals surface area contributed by atoms with E-state index < -0.39 is 0 Å². The number of aryl methyl sites for hydroxylation is 1. The first-order chi connectivity index (χ1) is 7.74. The maximum Gasteiger partial charge on any atom is 0.161 e. The standard InChI is InChI=1S/C11H21N3O2/c1-12-9(6-5-7-15-3)11-10(16-4)8-13-14(11)2/h8-9,12H,5-7H2,1-4H3. The average molecular weight is 227 g/mol. The van der Waals surface area contributed by atoms with Crippen LogP contribution in [0.5, 0.6) is 5.75 Å². The minimum Gasteiger partial charge on any atom is -0.493 e. The predicted octanol–water partition coefficient (Wildman–Crippen LogP) is 1.12. The fourth-order valence-corrected chi connectivity index (χ4v) is 1.83. The van der Waals surface area contributed by atoms with Gasteiger partial charge in [-0.15, -0.1) is 0 Å². The Labute approximate surface area is 96.7 Å². The van der Waals surface area contributed by atoms with E-state index in [9.17, 15) is 0 Å². The molecule has 1 N–H and O–H groups in total. The molecule has 5 nitrogen and oxygen atoms in total. The maximum absolute atomic E-state index is 5.30. The summed E-state index contributed by atoms with van der Waals surface area (Å²) >= 11 is 0. The van der Waals surface area contributed by atoms with Gasteiger partial charge in [-0.2, -0.15) is 5.10 Å². The fourth-order valence-electron chi connectivity index (χ4n) is 1.83. The molecule has 0 bridgehead atoms. The Morgan fingerprint density at radius 1 is 1.50 bits per heavy atom. The summed E-state index contributed by atoms with van der Waals surface area (Å²) in [5.41, 5.74) is 1.08. The minimum atomic E-state index is 0.248. The van der Waals surface area contributed by atoms with Gasteiger partial charge < -0.3 is 14.8 Å². The molecule has 0 aliphatic carbocycles. The normalized spacial score (nSPS) is 12.8. The Kier molecular flexibility index (Phi) is 5.28. The van der Waals surface area contributed by atoms with E-state index in [-0.39, 0.29) is 6.04 Å². The molecular formula is C11H21N3O2. The molecule has 0 saturated carbocycles. The Hall–Kier alpha value is -1.07. The maximum atomic E-state index is 5.30. The number of rotatable bonds is 7. The predicted molar refractivity (Wildman–Crippen MR) is 62.7 cm³/mol. The van der Waals surface area contributed by atoms with Crippen molar-refractivity contribution >= 4 is 0 Å². The van der Waals surface area contributed by atoms with Crippen LogP contribution in [0.2, 0.25) is 0 Å². The second-order valence-electron chi connectivity index (χ2n) is 3.70. The van der Waals surface area contributed by atoms with Crippen LogP contribution in [-0.4, -0.2) is 37.7 Å². The van der Waals surface area contributed by atoms with Crippen LogP contribution < -0.4 is 10.1 Å². The molecule has 1 rings (SSSR count). The summed E-state index contributed by atoms with van der Waals surface area (Å²) in [6, 6.07) is 0.248. The second kappa shape index (κ2) is 6.50. The van der Waals surface area contributed by atoms with E-state index in [4.69, 9.17) is 9.47 Å². The highest BCUT2D eigenvalue weighted by atomic mass is 16.5. The number of nitrogens with zero attached hydrogens (tertiary/aromatic N) is 2. The minimum absolute atomic E-state index is 0.248. The van der Waals surface area contributed by atoms with E-state index in [1.54, 1.807) is 20.4 Å². The van der Waals surface area contributed by atoms with Crippen molar-refractivity contribution < 1.29 is 9.47 Å². The highest BCUT2D eigenvalue weighted by Crippen LogP contribution is 2.26.